The highest BCUT2D eigenvalue weighted by molar-refractivity contribution is 5.03. The van der Waals surface area contributed by atoms with Gasteiger partial charge in [-0.2, -0.15) is 0 Å². The summed E-state index contributed by atoms with van der Waals surface area (Å²) < 4.78 is 0. The summed E-state index contributed by atoms with van der Waals surface area (Å²) in [5.74, 6) is 6.51. The van der Waals surface area contributed by atoms with Crippen molar-refractivity contribution >= 4 is 0 Å². The Labute approximate surface area is 95.8 Å². The van der Waals surface area contributed by atoms with Crippen LogP contribution in [0.3, 0.4) is 0 Å². The van der Waals surface area contributed by atoms with Gasteiger partial charge in [-0.15, -0.1) is 0 Å². The van der Waals surface area contributed by atoms with Crippen LogP contribution in [-0.2, 0) is 0 Å². The van der Waals surface area contributed by atoms with E-state index in [4.69, 9.17) is 0 Å². The monoisotopic (exact) mass is 208 g/mol. The topological polar surface area (TPSA) is 0 Å². The van der Waals surface area contributed by atoms with Crippen LogP contribution in [0.25, 0.3) is 0 Å². The average molecular weight is 208 g/mol. The van der Waals surface area contributed by atoms with E-state index in [0.29, 0.717) is 0 Å². The molecule has 0 N–H and O–H groups in total. The lowest BCUT2D eigenvalue weighted by Gasteiger charge is -2.09. The van der Waals surface area contributed by atoms with Crippen LogP contribution in [0.5, 0.6) is 0 Å². The molecule has 2 aliphatic carbocycles. The summed E-state index contributed by atoms with van der Waals surface area (Å²) in [6.45, 7) is 9.57. The molecule has 0 spiro atoms. The molecule has 2 rings (SSSR count). The molecule has 6 unspecified atom stereocenters. The van der Waals surface area contributed by atoms with E-state index in [9.17, 15) is 0 Å². The zero-order valence-corrected chi connectivity index (χ0v) is 11.0. The number of hydrogen-bond acceptors (Lipinski definition) is 0. The maximum Gasteiger partial charge on any atom is -0.0349 e. The third-order valence-electron chi connectivity index (χ3n) is 5.20. The van der Waals surface area contributed by atoms with Gasteiger partial charge in [-0.25, -0.2) is 0 Å². The Morgan fingerprint density at radius 1 is 1.00 bits per heavy atom. The molecule has 0 amide bonds. The van der Waals surface area contributed by atoms with Gasteiger partial charge in [0.2, 0.25) is 0 Å². The van der Waals surface area contributed by atoms with Crippen molar-refractivity contribution in [1.29, 1.82) is 0 Å². The van der Waals surface area contributed by atoms with Crippen LogP contribution in [0, 0.1) is 35.5 Å². The second kappa shape index (κ2) is 4.47. The standard InChI is InChI=1S/C15H28/c1-5-10(3)7-12-8-14(12)15-9-13(15)11(4)6-2/h10-15H,5-9H2,1-4H3. The second-order valence-electron chi connectivity index (χ2n) is 6.36. The van der Waals surface area contributed by atoms with Gasteiger partial charge in [-0.1, -0.05) is 40.5 Å². The van der Waals surface area contributed by atoms with Gasteiger partial charge in [0.1, 0.15) is 0 Å². The summed E-state index contributed by atoms with van der Waals surface area (Å²) in [4.78, 5) is 0. The Kier molecular flexibility index (Phi) is 3.42. The van der Waals surface area contributed by atoms with Crippen molar-refractivity contribution in [2.45, 2.75) is 59.8 Å². The van der Waals surface area contributed by atoms with Gasteiger partial charge in [0.25, 0.3) is 0 Å². The van der Waals surface area contributed by atoms with Crippen molar-refractivity contribution in [1.82, 2.24) is 0 Å². The zero-order chi connectivity index (χ0) is 11.0. The largest absolute Gasteiger partial charge is 0.0651 e. The molecule has 2 fully saturated rings. The molecule has 0 aromatic heterocycles. The van der Waals surface area contributed by atoms with E-state index in [1.165, 1.54) is 19.3 Å². The van der Waals surface area contributed by atoms with Crippen molar-refractivity contribution in [2.24, 2.45) is 35.5 Å². The van der Waals surface area contributed by atoms with Crippen LogP contribution in [0.4, 0.5) is 0 Å². The summed E-state index contributed by atoms with van der Waals surface area (Å²) in [5.41, 5.74) is 0. The van der Waals surface area contributed by atoms with Gasteiger partial charge in [0.15, 0.2) is 0 Å². The summed E-state index contributed by atoms with van der Waals surface area (Å²) in [5, 5.41) is 0. The van der Waals surface area contributed by atoms with Crippen molar-refractivity contribution in [3.8, 4) is 0 Å². The van der Waals surface area contributed by atoms with E-state index in [-0.39, 0.29) is 0 Å². The molecular weight excluding hydrogens is 180 g/mol. The highest BCUT2D eigenvalue weighted by atomic mass is 14.6. The van der Waals surface area contributed by atoms with Gasteiger partial charge in [-0.05, 0) is 54.8 Å². The maximum absolute atomic E-state index is 2.46. The molecule has 2 saturated carbocycles. The van der Waals surface area contributed by atoms with Crippen LogP contribution < -0.4 is 0 Å². The predicted octanol–water partition coefficient (Wildman–Crippen LogP) is 4.74. The average Bonchev–Trinajstić information content (AvgIpc) is 3.08. The molecule has 0 heteroatoms. The molecule has 0 aliphatic heterocycles. The van der Waals surface area contributed by atoms with Crippen LogP contribution in [0.15, 0.2) is 0 Å². The molecule has 88 valence electrons. The Balaban J connectivity index is 1.68. The third kappa shape index (κ3) is 2.57. The lowest BCUT2D eigenvalue weighted by atomic mass is 9.97. The zero-order valence-electron chi connectivity index (χ0n) is 11.0. The molecule has 0 nitrogen and oxygen atoms in total. The van der Waals surface area contributed by atoms with Crippen LogP contribution in [0.1, 0.15) is 59.8 Å². The van der Waals surface area contributed by atoms with Gasteiger partial charge in [-0.3, -0.25) is 0 Å². The molecule has 2 aliphatic rings. The van der Waals surface area contributed by atoms with E-state index < -0.39 is 0 Å². The van der Waals surface area contributed by atoms with Crippen LogP contribution in [0.2, 0.25) is 0 Å². The van der Waals surface area contributed by atoms with E-state index in [1.54, 1.807) is 12.8 Å². The van der Waals surface area contributed by atoms with Crippen molar-refractivity contribution in [3.05, 3.63) is 0 Å². The summed E-state index contributed by atoms with van der Waals surface area (Å²) in [6, 6.07) is 0. The van der Waals surface area contributed by atoms with E-state index in [0.717, 1.165) is 35.5 Å². The second-order valence-corrected chi connectivity index (χ2v) is 6.36. The molecule has 0 bridgehead atoms. The van der Waals surface area contributed by atoms with E-state index in [2.05, 4.69) is 27.7 Å². The summed E-state index contributed by atoms with van der Waals surface area (Å²) in [7, 11) is 0. The Morgan fingerprint density at radius 2 is 1.73 bits per heavy atom. The molecule has 0 aromatic carbocycles. The summed E-state index contributed by atoms with van der Waals surface area (Å²) >= 11 is 0. The van der Waals surface area contributed by atoms with Crippen molar-refractivity contribution in [2.75, 3.05) is 0 Å². The quantitative estimate of drug-likeness (QED) is 0.591. The van der Waals surface area contributed by atoms with Crippen molar-refractivity contribution in [3.63, 3.8) is 0 Å². The SMILES string of the molecule is CCC(C)CC1CC1C1CC1C(C)CC. The first-order chi connectivity index (χ1) is 7.17. The summed E-state index contributed by atoms with van der Waals surface area (Å²) in [6.07, 6.45) is 7.43. The first kappa shape index (κ1) is 11.5. The molecule has 15 heavy (non-hydrogen) atoms. The third-order valence-corrected chi connectivity index (χ3v) is 5.20. The lowest BCUT2D eigenvalue weighted by Crippen LogP contribution is -2.00. The Hall–Kier alpha value is 0. The fraction of sp³-hybridized carbons (Fsp3) is 1.00. The number of rotatable bonds is 6. The number of hydrogen-bond donors (Lipinski definition) is 0. The Bertz CT molecular complexity index is 208. The highest BCUT2D eigenvalue weighted by Crippen LogP contribution is 2.61. The molecule has 6 atom stereocenters. The molecule has 0 radical (unpaired) electrons. The van der Waals surface area contributed by atoms with Crippen LogP contribution in [-0.4, -0.2) is 0 Å². The fourth-order valence-corrected chi connectivity index (χ4v) is 3.43. The minimum Gasteiger partial charge on any atom is -0.0651 e. The van der Waals surface area contributed by atoms with E-state index in [1.807, 2.05) is 0 Å². The first-order valence-electron chi connectivity index (χ1n) is 7.17. The van der Waals surface area contributed by atoms with E-state index >= 15 is 0 Å². The maximum atomic E-state index is 2.46. The lowest BCUT2D eigenvalue weighted by molar-refractivity contribution is 0.413. The van der Waals surface area contributed by atoms with Gasteiger partial charge >= 0.3 is 0 Å². The smallest absolute Gasteiger partial charge is 0.0349 e. The molecule has 0 heterocycles. The fourth-order valence-electron chi connectivity index (χ4n) is 3.43. The first-order valence-corrected chi connectivity index (χ1v) is 7.17. The minimum atomic E-state index is 0.973. The van der Waals surface area contributed by atoms with Gasteiger partial charge in [0.05, 0.1) is 0 Å². The van der Waals surface area contributed by atoms with Gasteiger partial charge in [0, 0.05) is 0 Å². The van der Waals surface area contributed by atoms with Gasteiger partial charge < -0.3 is 0 Å². The van der Waals surface area contributed by atoms with Crippen molar-refractivity contribution < 1.29 is 0 Å². The predicted molar refractivity (Wildman–Crippen MR) is 66.7 cm³/mol. The molecule has 0 aromatic rings. The van der Waals surface area contributed by atoms with Crippen LogP contribution >= 0.6 is 0 Å². The normalized spacial score (nSPS) is 42.4. The minimum absolute atomic E-state index is 0.973. The Morgan fingerprint density at radius 3 is 2.33 bits per heavy atom. The highest BCUT2D eigenvalue weighted by Gasteiger charge is 2.54. The molecular formula is C15H28. The molecule has 0 saturated heterocycles.